The third-order valence-electron chi connectivity index (χ3n) is 0.0364. The molecule has 0 atom stereocenters. The van der Waals surface area contributed by atoms with Crippen molar-refractivity contribution in [1.82, 2.24) is 0 Å². The van der Waals surface area contributed by atoms with E-state index in [4.69, 9.17) is 0 Å². The fourth-order valence-electron chi connectivity index (χ4n) is 0. The molecule has 0 aliphatic carbocycles. The Morgan fingerprint density at radius 3 is 2.25 bits per heavy atom. The molecule has 0 saturated carbocycles. The maximum absolute atomic E-state index is 10.6. The SMILES string of the molecule is F[Se]B=S. The van der Waals surface area contributed by atoms with Gasteiger partial charge >= 0.3 is 35.8 Å². The summed E-state index contributed by atoms with van der Waals surface area (Å²) >= 11 is 3.19. The molecule has 4 heteroatoms. The molecule has 0 aromatic rings. The van der Waals surface area contributed by atoms with E-state index in [0.717, 1.165) is 4.97 Å². The van der Waals surface area contributed by atoms with Gasteiger partial charge in [-0.1, -0.05) is 0 Å². The van der Waals surface area contributed by atoms with Crippen LogP contribution in [0.15, 0.2) is 0 Å². The molecule has 0 fully saturated rings. The molecule has 0 nitrogen and oxygen atoms in total. The Kier molecular flexibility index (Phi) is 4.42. The van der Waals surface area contributed by atoms with E-state index >= 15 is 0 Å². The van der Waals surface area contributed by atoms with Crippen molar-refractivity contribution in [3.63, 3.8) is 0 Å². The van der Waals surface area contributed by atoms with E-state index in [0.29, 0.717) is 0 Å². The Labute approximate surface area is 36.3 Å². The molecule has 0 saturated heterocycles. The molecular formula is BFSSe. The summed E-state index contributed by atoms with van der Waals surface area (Å²) < 4.78 is 10.6. The van der Waals surface area contributed by atoms with Crippen molar-refractivity contribution in [3.8, 4) is 0 Å². The zero-order chi connectivity index (χ0) is 3.41. The maximum atomic E-state index is 10.6. The van der Waals surface area contributed by atoms with Crippen LogP contribution in [0.3, 0.4) is 0 Å². The predicted octanol–water partition coefficient (Wildman–Crippen LogP) is 0.307. The van der Waals surface area contributed by atoms with Crippen LogP contribution in [-0.4, -0.2) is 20.2 Å². The third-order valence-corrected chi connectivity index (χ3v) is 0.567. The molecule has 0 amide bonds. The fourth-order valence-corrected chi connectivity index (χ4v) is 0. The Hall–Kier alpha value is 0.734. The topological polar surface area (TPSA) is 0 Å². The average molecular weight is 141 g/mol. The Balaban J connectivity index is 2.30. The molecule has 4 heavy (non-hydrogen) atoms. The molecule has 0 unspecified atom stereocenters. The van der Waals surface area contributed by atoms with Gasteiger partial charge in [0, 0.05) is 0 Å². The molecule has 0 aromatic heterocycles. The van der Waals surface area contributed by atoms with Gasteiger partial charge in [-0.3, -0.25) is 0 Å². The van der Waals surface area contributed by atoms with Crippen molar-refractivity contribution in [1.29, 1.82) is 0 Å². The zero-order valence-electron chi connectivity index (χ0n) is 1.77. The summed E-state index contributed by atoms with van der Waals surface area (Å²) in [5.41, 5.74) is 0. The molecule has 0 spiro atoms. The quantitative estimate of drug-likeness (QED) is 0.473. The molecule has 0 radical (unpaired) electrons. The fraction of sp³-hybridized carbons (Fsp3) is 0. The molecule has 0 bridgehead atoms. The van der Waals surface area contributed by atoms with E-state index in [1.807, 2.05) is 0 Å². The first-order valence-corrected chi connectivity index (χ1v) is 2.73. The van der Waals surface area contributed by atoms with Gasteiger partial charge in [0.15, 0.2) is 0 Å². The summed E-state index contributed by atoms with van der Waals surface area (Å²) in [6, 6.07) is 0. The Morgan fingerprint density at radius 2 is 2.25 bits per heavy atom. The van der Waals surface area contributed by atoms with Gasteiger partial charge in [0.1, 0.15) is 0 Å². The summed E-state index contributed by atoms with van der Waals surface area (Å²) in [5, 5.41) is 0. The van der Waals surface area contributed by atoms with Crippen LogP contribution in [0.1, 0.15) is 0 Å². The van der Waals surface area contributed by atoms with Crippen LogP contribution in [0.25, 0.3) is 0 Å². The molecule has 0 heterocycles. The van der Waals surface area contributed by atoms with Crippen molar-refractivity contribution in [2.24, 2.45) is 0 Å². The van der Waals surface area contributed by atoms with Gasteiger partial charge in [-0.25, -0.2) is 0 Å². The summed E-state index contributed by atoms with van der Waals surface area (Å²) in [5.74, 6) is 0. The standard InChI is InChI=1S/BFSSe/c2-4-1-3. The first-order valence-electron chi connectivity index (χ1n) is 0.626. The van der Waals surface area contributed by atoms with Crippen molar-refractivity contribution < 1.29 is 3.55 Å². The molecule has 0 aliphatic heterocycles. The van der Waals surface area contributed by atoms with Crippen molar-refractivity contribution >= 4 is 32.3 Å². The summed E-state index contributed by atoms with van der Waals surface area (Å²) in [6.45, 7) is 0. The zero-order valence-corrected chi connectivity index (χ0v) is 4.30. The number of hydrogen-bond acceptors (Lipinski definition) is 1. The van der Waals surface area contributed by atoms with Crippen molar-refractivity contribution in [3.05, 3.63) is 0 Å². The van der Waals surface area contributed by atoms with Gasteiger partial charge in [-0.2, -0.15) is 0 Å². The first-order chi connectivity index (χ1) is 1.91. The molecule has 0 N–H and O–H groups in total. The summed E-state index contributed by atoms with van der Waals surface area (Å²) in [4.78, 5) is 1.10. The van der Waals surface area contributed by atoms with Crippen LogP contribution in [0.2, 0.25) is 0 Å². The van der Waals surface area contributed by atoms with Crippen LogP contribution in [0, 0.1) is 0 Å². The molecule has 0 aromatic carbocycles. The molecule has 22 valence electrons. The van der Waals surface area contributed by atoms with E-state index < -0.39 is 15.2 Å². The second-order valence-corrected chi connectivity index (χ2v) is 1.96. The van der Waals surface area contributed by atoms with Crippen LogP contribution >= 0.6 is 12.1 Å². The van der Waals surface area contributed by atoms with E-state index in [-0.39, 0.29) is 0 Å². The second-order valence-electron chi connectivity index (χ2n) is 0.185. The van der Waals surface area contributed by atoms with E-state index in [2.05, 4.69) is 12.1 Å². The Bertz CT molecular complexity index is 22.0. The van der Waals surface area contributed by atoms with Gasteiger partial charge < -0.3 is 0 Å². The summed E-state index contributed by atoms with van der Waals surface area (Å²) in [7, 11) is 0. The Morgan fingerprint density at radius 1 is 2.00 bits per heavy atom. The van der Waals surface area contributed by atoms with Crippen LogP contribution < -0.4 is 0 Å². The third kappa shape index (κ3) is 2.73. The van der Waals surface area contributed by atoms with Gasteiger partial charge in [-0.15, -0.1) is 0 Å². The predicted molar refractivity (Wildman–Crippen MR) is 20.2 cm³/mol. The number of rotatable bonds is 1. The van der Waals surface area contributed by atoms with Gasteiger partial charge in [0.05, 0.1) is 0 Å². The van der Waals surface area contributed by atoms with E-state index in [9.17, 15) is 3.55 Å². The van der Waals surface area contributed by atoms with Crippen LogP contribution in [0.4, 0.5) is 3.55 Å². The number of hydrogen-bond donors (Lipinski definition) is 0. The monoisotopic (exact) mass is 142 g/mol. The summed E-state index contributed by atoms with van der Waals surface area (Å²) in [6.07, 6.45) is 0. The van der Waals surface area contributed by atoms with E-state index in [1.54, 1.807) is 0 Å². The second kappa shape index (κ2) is 3.73. The van der Waals surface area contributed by atoms with Crippen LogP contribution in [-0.2, 0) is 0 Å². The molecule has 0 aliphatic rings. The number of halogens is 1. The molecule has 0 rings (SSSR count). The average Bonchev–Trinajstić information content (AvgIpc) is 1.37. The van der Waals surface area contributed by atoms with Crippen molar-refractivity contribution in [2.75, 3.05) is 0 Å². The van der Waals surface area contributed by atoms with Gasteiger partial charge in [-0.05, 0) is 0 Å². The van der Waals surface area contributed by atoms with Crippen LogP contribution in [0.5, 0.6) is 0 Å². The van der Waals surface area contributed by atoms with Crippen molar-refractivity contribution in [2.45, 2.75) is 0 Å². The minimum absolute atomic E-state index is 0.894. The molecular weight excluding hydrogens is 141 g/mol. The van der Waals surface area contributed by atoms with E-state index in [1.165, 1.54) is 0 Å². The van der Waals surface area contributed by atoms with Gasteiger partial charge in [0.2, 0.25) is 0 Å². The van der Waals surface area contributed by atoms with Gasteiger partial charge in [0.25, 0.3) is 0 Å². The first kappa shape index (κ1) is 4.73. The normalized spacial score (nSPS) is 5.25. The minimum atomic E-state index is -0.894.